The SMILES string of the molecule is CCC(CC[C@@H](C)[C@H]1CC[C@H]2[C@@H]3CC[C@H]4C[C@@H](O)CC[C@]4(C)[C@H]3C[C@H](O)[C@]12C)C(C)C. The second kappa shape index (κ2) is 8.94. The molecular weight excluding hydrogens is 380 g/mol. The minimum Gasteiger partial charge on any atom is -0.393 e. The Bertz CT molecular complexity index is 616. The van der Waals surface area contributed by atoms with Crippen LogP contribution in [0.15, 0.2) is 0 Å². The van der Waals surface area contributed by atoms with Gasteiger partial charge in [-0.05, 0) is 116 Å². The van der Waals surface area contributed by atoms with Crippen molar-refractivity contribution in [2.24, 2.45) is 58.2 Å². The normalized spacial score (nSPS) is 49.3. The number of rotatable bonds is 6. The zero-order valence-electron chi connectivity index (χ0n) is 21.4. The van der Waals surface area contributed by atoms with Gasteiger partial charge in [-0.1, -0.05) is 54.4 Å². The minimum absolute atomic E-state index is 0.0806. The Balaban J connectivity index is 1.50. The number of aliphatic hydroxyl groups excluding tert-OH is 2. The first-order valence-corrected chi connectivity index (χ1v) is 14.0. The summed E-state index contributed by atoms with van der Waals surface area (Å²) in [5.41, 5.74) is 0.470. The second-order valence-corrected chi connectivity index (χ2v) is 13.4. The van der Waals surface area contributed by atoms with Crippen LogP contribution in [0.4, 0.5) is 0 Å². The first kappa shape index (κ1) is 24.1. The van der Waals surface area contributed by atoms with Crippen LogP contribution in [-0.4, -0.2) is 22.4 Å². The molecule has 4 rings (SSSR count). The highest BCUT2D eigenvalue weighted by Crippen LogP contribution is 2.68. The molecule has 2 heteroatoms. The molecule has 2 N–H and O–H groups in total. The lowest BCUT2D eigenvalue weighted by Crippen LogP contribution is -2.58. The van der Waals surface area contributed by atoms with Gasteiger partial charge in [-0.2, -0.15) is 0 Å². The Morgan fingerprint density at radius 3 is 2.29 bits per heavy atom. The lowest BCUT2D eigenvalue weighted by Gasteiger charge is -2.62. The van der Waals surface area contributed by atoms with Gasteiger partial charge in [0.05, 0.1) is 12.2 Å². The molecule has 0 saturated heterocycles. The van der Waals surface area contributed by atoms with Crippen LogP contribution in [0.3, 0.4) is 0 Å². The van der Waals surface area contributed by atoms with Gasteiger partial charge in [0.25, 0.3) is 0 Å². The van der Waals surface area contributed by atoms with Gasteiger partial charge >= 0.3 is 0 Å². The lowest BCUT2D eigenvalue weighted by molar-refractivity contribution is -0.175. The van der Waals surface area contributed by atoms with Crippen molar-refractivity contribution in [1.82, 2.24) is 0 Å². The maximum absolute atomic E-state index is 11.7. The van der Waals surface area contributed by atoms with Crippen LogP contribution in [0.25, 0.3) is 0 Å². The lowest BCUT2D eigenvalue weighted by atomic mass is 9.43. The summed E-state index contributed by atoms with van der Waals surface area (Å²) in [6.45, 7) is 14.7. The number of hydrogen-bond acceptors (Lipinski definition) is 2. The Morgan fingerprint density at radius 1 is 0.871 bits per heavy atom. The van der Waals surface area contributed by atoms with Crippen molar-refractivity contribution in [3.8, 4) is 0 Å². The van der Waals surface area contributed by atoms with E-state index >= 15 is 0 Å². The Labute approximate surface area is 193 Å². The summed E-state index contributed by atoms with van der Waals surface area (Å²) in [5, 5.41) is 22.0. The molecule has 0 aromatic carbocycles. The molecule has 0 spiro atoms. The molecule has 0 radical (unpaired) electrons. The summed E-state index contributed by atoms with van der Waals surface area (Å²) in [5.74, 6) is 5.92. The molecule has 0 aromatic rings. The molecular formula is C29H52O2. The number of fused-ring (bicyclic) bond motifs is 5. The third kappa shape index (κ3) is 3.94. The van der Waals surface area contributed by atoms with Crippen LogP contribution in [0.2, 0.25) is 0 Å². The number of hydrogen-bond donors (Lipinski definition) is 2. The molecule has 0 aliphatic heterocycles. The van der Waals surface area contributed by atoms with E-state index in [1.165, 1.54) is 51.4 Å². The fraction of sp³-hybridized carbons (Fsp3) is 1.00. The van der Waals surface area contributed by atoms with Crippen LogP contribution in [0, 0.1) is 58.2 Å². The van der Waals surface area contributed by atoms with Crippen LogP contribution < -0.4 is 0 Å². The van der Waals surface area contributed by atoms with E-state index in [0.717, 1.165) is 42.9 Å². The van der Waals surface area contributed by atoms with E-state index in [4.69, 9.17) is 0 Å². The monoisotopic (exact) mass is 432 g/mol. The molecule has 4 aliphatic rings. The van der Waals surface area contributed by atoms with Gasteiger partial charge in [0.2, 0.25) is 0 Å². The van der Waals surface area contributed by atoms with Crippen molar-refractivity contribution in [3.63, 3.8) is 0 Å². The van der Waals surface area contributed by atoms with Crippen LogP contribution in [0.5, 0.6) is 0 Å². The largest absolute Gasteiger partial charge is 0.393 e. The van der Waals surface area contributed by atoms with Crippen LogP contribution in [-0.2, 0) is 0 Å². The van der Waals surface area contributed by atoms with Crippen molar-refractivity contribution in [1.29, 1.82) is 0 Å². The summed E-state index contributed by atoms with van der Waals surface area (Å²) in [6, 6.07) is 0. The minimum atomic E-state index is -0.136. The fourth-order valence-electron chi connectivity index (χ4n) is 9.85. The third-order valence-corrected chi connectivity index (χ3v) is 12.0. The van der Waals surface area contributed by atoms with Gasteiger partial charge in [0, 0.05) is 0 Å². The molecule has 2 nitrogen and oxygen atoms in total. The standard InChI is InChI=1S/C29H52O2/c1-7-20(18(2)3)9-8-19(4)24-12-13-25-23-11-10-21-16-22(30)14-15-28(21,5)26(23)17-27(31)29(24,25)6/h18-27,30-31H,7-17H2,1-6H3/t19-,20?,21+,22+,23+,24-,25+,26+,27+,28+,29-/m1/s1. The average Bonchev–Trinajstić information content (AvgIpc) is 3.08. The maximum atomic E-state index is 11.7. The van der Waals surface area contributed by atoms with Crippen molar-refractivity contribution in [3.05, 3.63) is 0 Å². The van der Waals surface area contributed by atoms with E-state index in [-0.39, 0.29) is 17.6 Å². The van der Waals surface area contributed by atoms with Crippen molar-refractivity contribution in [2.45, 2.75) is 124 Å². The van der Waals surface area contributed by atoms with E-state index < -0.39 is 0 Å². The van der Waals surface area contributed by atoms with Gasteiger partial charge in [0.1, 0.15) is 0 Å². The summed E-state index contributed by atoms with van der Waals surface area (Å²) in [6.07, 6.45) is 13.3. The molecule has 4 saturated carbocycles. The van der Waals surface area contributed by atoms with E-state index in [1.807, 2.05) is 0 Å². The van der Waals surface area contributed by atoms with E-state index in [1.54, 1.807) is 0 Å². The van der Waals surface area contributed by atoms with Gasteiger partial charge in [-0.25, -0.2) is 0 Å². The predicted octanol–water partition coefficient (Wildman–Crippen LogP) is 7.08. The predicted molar refractivity (Wildman–Crippen MR) is 130 cm³/mol. The van der Waals surface area contributed by atoms with Gasteiger partial charge in [0.15, 0.2) is 0 Å². The van der Waals surface area contributed by atoms with Gasteiger partial charge < -0.3 is 10.2 Å². The average molecular weight is 433 g/mol. The van der Waals surface area contributed by atoms with E-state index in [9.17, 15) is 10.2 Å². The molecule has 0 amide bonds. The first-order chi connectivity index (χ1) is 14.6. The molecule has 0 aromatic heterocycles. The van der Waals surface area contributed by atoms with Crippen LogP contribution in [0.1, 0.15) is 112 Å². The fourth-order valence-corrected chi connectivity index (χ4v) is 9.85. The highest BCUT2D eigenvalue weighted by Gasteiger charge is 2.63. The topological polar surface area (TPSA) is 40.5 Å². The van der Waals surface area contributed by atoms with Gasteiger partial charge in [-0.15, -0.1) is 0 Å². The Hall–Kier alpha value is -0.0800. The maximum Gasteiger partial charge on any atom is 0.0602 e. The summed E-state index contributed by atoms with van der Waals surface area (Å²) >= 11 is 0. The van der Waals surface area contributed by atoms with Crippen molar-refractivity contribution >= 4 is 0 Å². The second-order valence-electron chi connectivity index (χ2n) is 13.4. The molecule has 1 unspecified atom stereocenters. The molecule has 4 fully saturated rings. The van der Waals surface area contributed by atoms with E-state index in [0.29, 0.717) is 29.1 Å². The number of aliphatic hydroxyl groups is 2. The smallest absolute Gasteiger partial charge is 0.0602 e. The first-order valence-electron chi connectivity index (χ1n) is 14.0. The Kier molecular flexibility index (Phi) is 6.93. The Morgan fingerprint density at radius 2 is 1.61 bits per heavy atom. The molecule has 0 heterocycles. The molecule has 0 bridgehead atoms. The third-order valence-electron chi connectivity index (χ3n) is 12.0. The zero-order chi connectivity index (χ0) is 22.6. The summed E-state index contributed by atoms with van der Waals surface area (Å²) in [4.78, 5) is 0. The molecule has 11 atom stereocenters. The highest BCUT2D eigenvalue weighted by atomic mass is 16.3. The molecule has 4 aliphatic carbocycles. The van der Waals surface area contributed by atoms with Crippen LogP contribution >= 0.6 is 0 Å². The molecule has 180 valence electrons. The quantitative estimate of drug-likeness (QED) is 0.471. The highest BCUT2D eigenvalue weighted by molar-refractivity contribution is 5.12. The summed E-state index contributed by atoms with van der Waals surface area (Å²) in [7, 11) is 0. The van der Waals surface area contributed by atoms with Crippen molar-refractivity contribution in [2.75, 3.05) is 0 Å². The molecule has 31 heavy (non-hydrogen) atoms. The van der Waals surface area contributed by atoms with Gasteiger partial charge in [-0.3, -0.25) is 0 Å². The zero-order valence-corrected chi connectivity index (χ0v) is 21.4. The summed E-state index contributed by atoms with van der Waals surface area (Å²) < 4.78 is 0. The van der Waals surface area contributed by atoms with Crippen molar-refractivity contribution < 1.29 is 10.2 Å². The van der Waals surface area contributed by atoms with E-state index in [2.05, 4.69) is 41.5 Å².